The minimum absolute atomic E-state index is 0.245. The average molecular weight is 180 g/mol. The maximum atomic E-state index is 11.6. The summed E-state index contributed by atoms with van der Waals surface area (Å²) in [5, 5.41) is 0. The molecule has 3 heteroatoms. The molecule has 0 aliphatic carbocycles. The van der Waals surface area contributed by atoms with Crippen LogP contribution < -0.4 is 0 Å². The summed E-state index contributed by atoms with van der Waals surface area (Å²) in [5.74, 6) is 0. The fraction of sp³-hybridized carbons (Fsp3) is 0.778. The van der Waals surface area contributed by atoms with Gasteiger partial charge in [-0.15, -0.1) is 0 Å². The van der Waals surface area contributed by atoms with Crippen LogP contribution in [0.15, 0.2) is 11.6 Å². The Labute approximate surface area is 71.5 Å². The molecule has 0 aromatic carbocycles. The Bertz CT molecular complexity index is 144. The molecular formula is C9H15F3. The highest BCUT2D eigenvalue weighted by molar-refractivity contribution is 4.94. The van der Waals surface area contributed by atoms with Crippen molar-refractivity contribution >= 4 is 0 Å². The van der Waals surface area contributed by atoms with Crippen molar-refractivity contribution in [3.8, 4) is 0 Å². The van der Waals surface area contributed by atoms with Crippen molar-refractivity contribution in [2.24, 2.45) is 0 Å². The SMILES string of the molecule is C/C=C(/C)CCCCC(F)(F)F. The first-order chi connectivity index (χ1) is 5.45. The van der Waals surface area contributed by atoms with E-state index in [1.807, 2.05) is 19.9 Å². The van der Waals surface area contributed by atoms with Crippen LogP contribution in [0, 0.1) is 0 Å². The van der Waals surface area contributed by atoms with E-state index in [9.17, 15) is 13.2 Å². The summed E-state index contributed by atoms with van der Waals surface area (Å²) < 4.78 is 34.9. The monoisotopic (exact) mass is 180 g/mol. The van der Waals surface area contributed by atoms with Crippen LogP contribution in [0.2, 0.25) is 0 Å². The van der Waals surface area contributed by atoms with Gasteiger partial charge in [0.2, 0.25) is 0 Å². The molecule has 0 amide bonds. The van der Waals surface area contributed by atoms with E-state index >= 15 is 0 Å². The molecule has 0 aliphatic rings. The predicted molar refractivity (Wildman–Crippen MR) is 44.0 cm³/mol. The highest BCUT2D eigenvalue weighted by atomic mass is 19.4. The Morgan fingerprint density at radius 2 is 1.83 bits per heavy atom. The fourth-order valence-electron chi connectivity index (χ4n) is 0.874. The van der Waals surface area contributed by atoms with Crippen molar-refractivity contribution in [1.29, 1.82) is 0 Å². The molecule has 0 spiro atoms. The van der Waals surface area contributed by atoms with Gasteiger partial charge >= 0.3 is 6.18 Å². The Morgan fingerprint density at radius 3 is 2.25 bits per heavy atom. The molecule has 0 saturated carbocycles. The lowest BCUT2D eigenvalue weighted by Crippen LogP contribution is -2.06. The van der Waals surface area contributed by atoms with Crippen LogP contribution in [0.4, 0.5) is 13.2 Å². The minimum atomic E-state index is -3.98. The molecule has 0 heterocycles. The lowest BCUT2D eigenvalue weighted by Gasteiger charge is -2.05. The maximum absolute atomic E-state index is 11.6. The molecule has 0 N–H and O–H groups in total. The lowest BCUT2D eigenvalue weighted by molar-refractivity contribution is -0.135. The molecule has 0 fully saturated rings. The van der Waals surface area contributed by atoms with Crippen molar-refractivity contribution < 1.29 is 13.2 Å². The highest BCUT2D eigenvalue weighted by Gasteiger charge is 2.25. The molecule has 0 nitrogen and oxygen atoms in total. The van der Waals surface area contributed by atoms with Crippen LogP contribution in [-0.4, -0.2) is 6.18 Å². The topological polar surface area (TPSA) is 0 Å². The van der Waals surface area contributed by atoms with E-state index in [0.717, 1.165) is 12.0 Å². The molecule has 0 unspecified atom stereocenters. The Balaban J connectivity index is 3.34. The molecular weight excluding hydrogens is 165 g/mol. The highest BCUT2D eigenvalue weighted by Crippen LogP contribution is 2.23. The van der Waals surface area contributed by atoms with Crippen molar-refractivity contribution in [3.05, 3.63) is 11.6 Å². The summed E-state index contributed by atoms with van der Waals surface area (Å²) in [5.41, 5.74) is 1.16. The van der Waals surface area contributed by atoms with E-state index in [2.05, 4.69) is 0 Å². The zero-order valence-electron chi connectivity index (χ0n) is 7.54. The normalized spacial score (nSPS) is 13.6. The molecule has 12 heavy (non-hydrogen) atoms. The molecule has 0 saturated heterocycles. The summed E-state index contributed by atoms with van der Waals surface area (Å²) in [6.45, 7) is 3.84. The van der Waals surface area contributed by atoms with E-state index in [1.54, 1.807) is 0 Å². The zero-order valence-corrected chi connectivity index (χ0v) is 7.54. The third kappa shape index (κ3) is 7.63. The standard InChI is InChI=1S/C9H15F3/c1-3-8(2)6-4-5-7-9(10,11)12/h3H,4-7H2,1-2H3/b8-3-. The number of hydrogen-bond donors (Lipinski definition) is 0. The summed E-state index contributed by atoms with van der Waals surface area (Å²) in [6.07, 6.45) is -1.03. The summed E-state index contributed by atoms with van der Waals surface area (Å²) >= 11 is 0. The summed E-state index contributed by atoms with van der Waals surface area (Å²) in [6, 6.07) is 0. The second-order valence-corrected chi connectivity index (χ2v) is 2.96. The smallest absolute Gasteiger partial charge is 0.171 e. The molecule has 72 valence electrons. The Morgan fingerprint density at radius 1 is 1.25 bits per heavy atom. The molecule has 0 aromatic heterocycles. The largest absolute Gasteiger partial charge is 0.389 e. The fourth-order valence-corrected chi connectivity index (χ4v) is 0.874. The molecule has 0 atom stereocenters. The second-order valence-electron chi connectivity index (χ2n) is 2.96. The lowest BCUT2D eigenvalue weighted by atomic mass is 10.1. The van der Waals surface area contributed by atoms with Gasteiger partial charge in [-0.2, -0.15) is 13.2 Å². The van der Waals surface area contributed by atoms with Crippen LogP contribution in [0.5, 0.6) is 0 Å². The van der Waals surface area contributed by atoms with E-state index in [1.165, 1.54) is 0 Å². The van der Waals surface area contributed by atoms with Crippen LogP contribution in [0.1, 0.15) is 39.5 Å². The molecule has 0 bridgehead atoms. The van der Waals surface area contributed by atoms with Gasteiger partial charge < -0.3 is 0 Å². The van der Waals surface area contributed by atoms with Crippen molar-refractivity contribution in [2.45, 2.75) is 45.7 Å². The van der Waals surface area contributed by atoms with Gasteiger partial charge in [-0.05, 0) is 33.1 Å². The summed E-state index contributed by atoms with van der Waals surface area (Å²) in [7, 11) is 0. The van der Waals surface area contributed by atoms with Gasteiger partial charge in [0.05, 0.1) is 0 Å². The first-order valence-electron chi connectivity index (χ1n) is 4.14. The molecule has 0 aliphatic heterocycles. The van der Waals surface area contributed by atoms with Crippen molar-refractivity contribution in [1.82, 2.24) is 0 Å². The van der Waals surface area contributed by atoms with Gasteiger partial charge in [-0.1, -0.05) is 11.6 Å². The predicted octanol–water partition coefficient (Wildman–Crippen LogP) is 4.08. The van der Waals surface area contributed by atoms with E-state index < -0.39 is 12.6 Å². The first-order valence-corrected chi connectivity index (χ1v) is 4.14. The van der Waals surface area contributed by atoms with Crippen molar-refractivity contribution in [3.63, 3.8) is 0 Å². The van der Waals surface area contributed by atoms with Crippen LogP contribution in [-0.2, 0) is 0 Å². The first kappa shape index (κ1) is 11.5. The van der Waals surface area contributed by atoms with Crippen molar-refractivity contribution in [2.75, 3.05) is 0 Å². The number of allylic oxidation sites excluding steroid dienone is 2. The van der Waals surface area contributed by atoms with Gasteiger partial charge in [-0.3, -0.25) is 0 Å². The van der Waals surface area contributed by atoms with Gasteiger partial charge in [-0.25, -0.2) is 0 Å². The van der Waals surface area contributed by atoms with E-state index in [4.69, 9.17) is 0 Å². The third-order valence-electron chi connectivity index (χ3n) is 1.77. The van der Waals surface area contributed by atoms with Crippen LogP contribution in [0.25, 0.3) is 0 Å². The van der Waals surface area contributed by atoms with Gasteiger partial charge in [0.1, 0.15) is 0 Å². The number of hydrogen-bond acceptors (Lipinski definition) is 0. The molecule has 0 rings (SSSR count). The number of halogens is 3. The van der Waals surface area contributed by atoms with Crippen LogP contribution in [0.3, 0.4) is 0 Å². The van der Waals surface area contributed by atoms with E-state index in [-0.39, 0.29) is 6.42 Å². The number of unbranched alkanes of at least 4 members (excludes halogenated alkanes) is 1. The van der Waals surface area contributed by atoms with Gasteiger partial charge in [0.25, 0.3) is 0 Å². The maximum Gasteiger partial charge on any atom is 0.389 e. The minimum Gasteiger partial charge on any atom is -0.171 e. The average Bonchev–Trinajstić information content (AvgIpc) is 1.96. The Hall–Kier alpha value is -0.470. The third-order valence-corrected chi connectivity index (χ3v) is 1.77. The van der Waals surface area contributed by atoms with E-state index in [0.29, 0.717) is 6.42 Å². The Kier molecular flexibility index (Phi) is 5.02. The number of alkyl halides is 3. The quantitative estimate of drug-likeness (QED) is 0.451. The van der Waals surface area contributed by atoms with Gasteiger partial charge in [0.15, 0.2) is 0 Å². The van der Waals surface area contributed by atoms with Crippen LogP contribution >= 0.6 is 0 Å². The molecule has 0 radical (unpaired) electrons. The number of rotatable bonds is 4. The zero-order chi connectivity index (χ0) is 9.61. The second kappa shape index (κ2) is 5.22. The summed E-state index contributed by atoms with van der Waals surface area (Å²) in [4.78, 5) is 0. The van der Waals surface area contributed by atoms with Gasteiger partial charge in [0, 0.05) is 6.42 Å². The molecule has 0 aromatic rings.